The Morgan fingerprint density at radius 2 is 2.16 bits per heavy atom. The molecule has 5 nitrogen and oxygen atoms in total. The van der Waals surface area contributed by atoms with Gasteiger partial charge in [-0.15, -0.1) is 0 Å². The molecule has 0 aliphatic carbocycles. The fourth-order valence-electron chi connectivity index (χ4n) is 4.55. The Morgan fingerprint density at radius 3 is 3.00 bits per heavy atom. The van der Waals surface area contributed by atoms with Crippen molar-refractivity contribution in [3.8, 4) is 0 Å². The molecule has 25 heavy (non-hydrogen) atoms. The minimum absolute atomic E-state index is 0.136. The smallest absolute Gasteiger partial charge is 0.230 e. The van der Waals surface area contributed by atoms with Gasteiger partial charge in [-0.2, -0.15) is 0 Å². The normalized spacial score (nSPS) is 24.7. The van der Waals surface area contributed by atoms with Crippen LogP contribution in [-0.2, 0) is 11.3 Å². The van der Waals surface area contributed by atoms with E-state index < -0.39 is 0 Å². The van der Waals surface area contributed by atoms with Crippen molar-refractivity contribution in [2.45, 2.75) is 46.1 Å². The number of pyridine rings is 1. The molecule has 0 radical (unpaired) electrons. The van der Waals surface area contributed by atoms with Crippen molar-refractivity contribution in [1.29, 1.82) is 0 Å². The van der Waals surface area contributed by atoms with Gasteiger partial charge < -0.3 is 9.30 Å². The van der Waals surface area contributed by atoms with Crippen LogP contribution in [0.2, 0.25) is 0 Å². The number of carbonyl (C=O) groups is 1. The second kappa shape index (κ2) is 6.45. The minimum Gasteiger partial charge on any atom is -0.342 e. The second-order valence-corrected chi connectivity index (χ2v) is 7.84. The van der Waals surface area contributed by atoms with Crippen LogP contribution in [0.25, 0.3) is 5.65 Å². The number of hydrogen-bond donors (Lipinski definition) is 0. The highest BCUT2D eigenvalue weighted by molar-refractivity contribution is 5.84. The molecular formula is C20H28N4O. The number of aromatic nitrogens is 2. The Bertz CT molecular complexity index is 781. The lowest BCUT2D eigenvalue weighted by atomic mass is 9.78. The van der Waals surface area contributed by atoms with Gasteiger partial charge in [0.25, 0.3) is 0 Å². The molecule has 1 atom stereocenters. The fraction of sp³-hybridized carbons (Fsp3) is 0.600. The van der Waals surface area contributed by atoms with Gasteiger partial charge in [0.2, 0.25) is 5.91 Å². The van der Waals surface area contributed by atoms with Crippen molar-refractivity contribution in [3.05, 3.63) is 35.8 Å². The number of hydrogen-bond acceptors (Lipinski definition) is 3. The first kappa shape index (κ1) is 16.6. The number of nitrogens with zero attached hydrogens (tertiary/aromatic N) is 4. The molecule has 2 aromatic rings. The lowest BCUT2D eigenvalue weighted by Crippen LogP contribution is -2.50. The SMILES string of the molecule is CCCN1CCC[C@@]2(CCN(Cc3cn4ccc(C)cc4n3)C2)C1=O. The number of fused-ring (bicyclic) bond motifs is 1. The molecule has 2 aliphatic rings. The van der Waals surface area contributed by atoms with Gasteiger partial charge >= 0.3 is 0 Å². The highest BCUT2D eigenvalue weighted by Gasteiger charge is 2.47. The maximum absolute atomic E-state index is 13.0. The average molecular weight is 340 g/mol. The molecule has 2 fully saturated rings. The van der Waals surface area contributed by atoms with Crippen LogP contribution < -0.4 is 0 Å². The summed E-state index contributed by atoms with van der Waals surface area (Å²) in [6.07, 6.45) is 8.43. The zero-order valence-electron chi connectivity index (χ0n) is 15.4. The number of aryl methyl sites for hydroxylation is 1. The third kappa shape index (κ3) is 3.06. The van der Waals surface area contributed by atoms with Gasteiger partial charge in [-0.05, 0) is 56.8 Å². The minimum atomic E-state index is -0.136. The van der Waals surface area contributed by atoms with Crippen LogP contribution in [0.4, 0.5) is 0 Å². The molecule has 5 heteroatoms. The molecule has 2 aromatic heterocycles. The van der Waals surface area contributed by atoms with E-state index in [1.807, 2.05) is 0 Å². The molecule has 0 unspecified atom stereocenters. The number of piperidine rings is 1. The van der Waals surface area contributed by atoms with Crippen molar-refractivity contribution >= 4 is 11.6 Å². The summed E-state index contributed by atoms with van der Waals surface area (Å²) in [4.78, 5) is 22.3. The summed E-state index contributed by atoms with van der Waals surface area (Å²) in [7, 11) is 0. The van der Waals surface area contributed by atoms with E-state index in [1.165, 1.54) is 5.56 Å². The van der Waals surface area contributed by atoms with Gasteiger partial charge in [0, 0.05) is 38.6 Å². The van der Waals surface area contributed by atoms with Gasteiger partial charge in [0.1, 0.15) is 5.65 Å². The largest absolute Gasteiger partial charge is 0.342 e. The van der Waals surface area contributed by atoms with Crippen molar-refractivity contribution in [2.24, 2.45) is 5.41 Å². The molecule has 1 amide bonds. The van der Waals surface area contributed by atoms with Gasteiger partial charge in [-0.25, -0.2) is 4.98 Å². The highest BCUT2D eigenvalue weighted by atomic mass is 16.2. The summed E-state index contributed by atoms with van der Waals surface area (Å²) in [6, 6.07) is 4.22. The van der Waals surface area contributed by atoms with E-state index in [1.54, 1.807) is 0 Å². The zero-order chi connectivity index (χ0) is 17.4. The Balaban J connectivity index is 1.47. The monoisotopic (exact) mass is 340 g/mol. The number of rotatable bonds is 4. The number of amides is 1. The molecule has 0 saturated carbocycles. The Hall–Kier alpha value is -1.88. The number of likely N-dealkylation sites (tertiary alicyclic amines) is 2. The van der Waals surface area contributed by atoms with E-state index in [0.29, 0.717) is 5.91 Å². The van der Waals surface area contributed by atoms with E-state index in [-0.39, 0.29) is 5.41 Å². The number of carbonyl (C=O) groups excluding carboxylic acids is 1. The molecule has 2 aliphatic heterocycles. The van der Waals surface area contributed by atoms with E-state index in [9.17, 15) is 4.79 Å². The standard InChI is InChI=1S/C20H28N4O/c1-3-8-23-9-4-6-20(19(23)25)7-11-22(15-20)13-17-14-24-10-5-16(2)12-18(24)21-17/h5,10,12,14H,3-4,6-9,11,13,15H2,1-2H3/t20-/m0/s1. The molecule has 4 rings (SSSR count). The molecule has 0 bridgehead atoms. The summed E-state index contributed by atoms with van der Waals surface area (Å²) >= 11 is 0. The Morgan fingerprint density at radius 1 is 1.28 bits per heavy atom. The van der Waals surface area contributed by atoms with Crippen LogP contribution >= 0.6 is 0 Å². The van der Waals surface area contributed by atoms with Crippen molar-refractivity contribution < 1.29 is 4.79 Å². The summed E-state index contributed by atoms with van der Waals surface area (Å²) in [5, 5.41) is 0. The van der Waals surface area contributed by atoms with Crippen molar-refractivity contribution in [1.82, 2.24) is 19.2 Å². The van der Waals surface area contributed by atoms with Crippen molar-refractivity contribution in [2.75, 3.05) is 26.2 Å². The van der Waals surface area contributed by atoms with E-state index in [2.05, 4.69) is 52.6 Å². The molecule has 134 valence electrons. The lowest BCUT2D eigenvalue weighted by Gasteiger charge is -2.39. The Labute approximate surface area is 149 Å². The van der Waals surface area contributed by atoms with Crippen LogP contribution in [0.5, 0.6) is 0 Å². The van der Waals surface area contributed by atoms with E-state index in [0.717, 1.165) is 69.7 Å². The predicted molar refractivity (Wildman–Crippen MR) is 98.4 cm³/mol. The Kier molecular flexibility index (Phi) is 4.28. The maximum atomic E-state index is 13.0. The molecule has 0 aromatic carbocycles. The first-order valence-corrected chi connectivity index (χ1v) is 9.56. The van der Waals surface area contributed by atoms with Crippen LogP contribution in [0.15, 0.2) is 24.5 Å². The highest BCUT2D eigenvalue weighted by Crippen LogP contribution is 2.40. The van der Waals surface area contributed by atoms with Gasteiger partial charge in [-0.1, -0.05) is 6.92 Å². The topological polar surface area (TPSA) is 40.9 Å². The molecule has 0 N–H and O–H groups in total. The first-order chi connectivity index (χ1) is 12.1. The zero-order valence-corrected chi connectivity index (χ0v) is 15.4. The molecular weight excluding hydrogens is 312 g/mol. The molecule has 2 saturated heterocycles. The lowest BCUT2D eigenvalue weighted by molar-refractivity contribution is -0.145. The van der Waals surface area contributed by atoms with Crippen LogP contribution in [0.1, 0.15) is 43.9 Å². The summed E-state index contributed by atoms with van der Waals surface area (Å²) in [5.41, 5.74) is 3.19. The molecule has 1 spiro atoms. The van der Waals surface area contributed by atoms with Crippen LogP contribution in [0.3, 0.4) is 0 Å². The third-order valence-corrected chi connectivity index (χ3v) is 5.80. The third-order valence-electron chi connectivity index (χ3n) is 5.80. The van der Waals surface area contributed by atoms with Crippen molar-refractivity contribution in [3.63, 3.8) is 0 Å². The quantitative estimate of drug-likeness (QED) is 0.859. The second-order valence-electron chi connectivity index (χ2n) is 7.84. The fourth-order valence-corrected chi connectivity index (χ4v) is 4.55. The summed E-state index contributed by atoms with van der Waals surface area (Å²) < 4.78 is 2.09. The van der Waals surface area contributed by atoms with E-state index >= 15 is 0 Å². The first-order valence-electron chi connectivity index (χ1n) is 9.56. The molecule has 4 heterocycles. The van der Waals surface area contributed by atoms with Gasteiger partial charge in [0.05, 0.1) is 11.1 Å². The summed E-state index contributed by atoms with van der Waals surface area (Å²) in [6.45, 7) is 8.82. The van der Waals surface area contributed by atoms with Crippen LogP contribution in [-0.4, -0.2) is 51.3 Å². The van der Waals surface area contributed by atoms with Crippen LogP contribution in [0, 0.1) is 12.3 Å². The maximum Gasteiger partial charge on any atom is 0.230 e. The van der Waals surface area contributed by atoms with Gasteiger partial charge in [0.15, 0.2) is 0 Å². The average Bonchev–Trinajstić information content (AvgIpc) is 3.16. The van der Waals surface area contributed by atoms with E-state index in [4.69, 9.17) is 4.98 Å². The summed E-state index contributed by atoms with van der Waals surface area (Å²) in [5.74, 6) is 0.397. The number of imidazole rings is 1. The predicted octanol–water partition coefficient (Wildman–Crippen LogP) is 2.87. The van der Waals surface area contributed by atoms with Gasteiger partial charge in [-0.3, -0.25) is 9.69 Å².